The van der Waals surface area contributed by atoms with Crippen molar-refractivity contribution in [3.05, 3.63) is 28.7 Å². The molecule has 1 aliphatic rings. The number of carbonyl (C=O) groups excluding carboxylic acids is 1. The minimum Gasteiger partial charge on any atom is -0.351 e. The molecular formula is C16H20BrN5O. The topological polar surface area (TPSA) is 72.7 Å². The Hall–Kier alpha value is -1.76. The summed E-state index contributed by atoms with van der Waals surface area (Å²) in [7, 11) is 0. The fraction of sp³-hybridized carbons (Fsp3) is 0.500. The summed E-state index contributed by atoms with van der Waals surface area (Å²) in [6, 6.07) is 7.50. The van der Waals surface area contributed by atoms with Crippen LogP contribution in [0.3, 0.4) is 0 Å². The minimum atomic E-state index is -0.464. The van der Waals surface area contributed by atoms with Crippen LogP contribution in [0.2, 0.25) is 0 Å². The lowest BCUT2D eigenvalue weighted by Gasteiger charge is -2.24. The summed E-state index contributed by atoms with van der Waals surface area (Å²) in [5.74, 6) is 0.478. The largest absolute Gasteiger partial charge is 0.351 e. The maximum Gasteiger partial charge on any atom is 0.246 e. The summed E-state index contributed by atoms with van der Waals surface area (Å²) >= 11 is 3.40. The van der Waals surface area contributed by atoms with Gasteiger partial charge in [-0.05, 0) is 49.2 Å². The van der Waals surface area contributed by atoms with Crippen LogP contribution in [0.25, 0.3) is 11.4 Å². The Morgan fingerprint density at radius 2 is 1.96 bits per heavy atom. The number of rotatable bonds is 4. The maximum absolute atomic E-state index is 12.4. The molecule has 0 radical (unpaired) electrons. The van der Waals surface area contributed by atoms with Gasteiger partial charge in [-0.25, -0.2) is 0 Å². The SMILES string of the molecule is C[C@H](C(=O)NC1CCCCC1)n1nnc(-c2ccc(Br)cc2)n1. The van der Waals surface area contributed by atoms with Crippen LogP contribution in [0.4, 0.5) is 0 Å². The van der Waals surface area contributed by atoms with E-state index >= 15 is 0 Å². The first-order valence-corrected chi connectivity index (χ1v) is 8.78. The van der Waals surface area contributed by atoms with Gasteiger partial charge in [0.2, 0.25) is 11.7 Å². The molecule has 6 nitrogen and oxygen atoms in total. The lowest BCUT2D eigenvalue weighted by atomic mass is 9.95. The van der Waals surface area contributed by atoms with Gasteiger partial charge in [0.1, 0.15) is 6.04 Å². The third kappa shape index (κ3) is 3.96. The number of aromatic nitrogens is 4. The summed E-state index contributed by atoms with van der Waals surface area (Å²) in [4.78, 5) is 13.7. The molecule has 1 amide bonds. The first-order chi connectivity index (χ1) is 11.1. The van der Waals surface area contributed by atoms with Crippen LogP contribution in [0.5, 0.6) is 0 Å². The minimum absolute atomic E-state index is 0.0448. The first kappa shape index (κ1) is 16.1. The smallest absolute Gasteiger partial charge is 0.246 e. The molecule has 1 heterocycles. The molecule has 1 N–H and O–H groups in total. The zero-order chi connectivity index (χ0) is 16.2. The Bertz CT molecular complexity index is 663. The molecule has 3 rings (SSSR count). The van der Waals surface area contributed by atoms with Crippen molar-refractivity contribution in [3.8, 4) is 11.4 Å². The third-order valence-corrected chi connectivity index (χ3v) is 4.74. The van der Waals surface area contributed by atoms with Gasteiger partial charge in [-0.2, -0.15) is 4.80 Å². The van der Waals surface area contributed by atoms with E-state index in [2.05, 4.69) is 36.7 Å². The molecule has 0 bridgehead atoms. The van der Waals surface area contributed by atoms with Gasteiger partial charge in [0, 0.05) is 16.1 Å². The second-order valence-corrected chi connectivity index (χ2v) is 6.88. The van der Waals surface area contributed by atoms with Gasteiger partial charge in [0.05, 0.1) is 0 Å². The van der Waals surface area contributed by atoms with Gasteiger partial charge >= 0.3 is 0 Å². The standard InChI is InChI=1S/C16H20BrN5O/c1-11(16(23)18-14-5-3-2-4-6-14)22-20-15(19-21-22)12-7-9-13(17)10-8-12/h7-11,14H,2-6H2,1H3,(H,18,23)/t11-/m1/s1. The average molecular weight is 378 g/mol. The summed E-state index contributed by atoms with van der Waals surface area (Å²) < 4.78 is 0.994. The van der Waals surface area contributed by atoms with Crippen LogP contribution in [0.1, 0.15) is 45.1 Å². The number of hydrogen-bond acceptors (Lipinski definition) is 4. The number of benzene rings is 1. The fourth-order valence-corrected chi connectivity index (χ4v) is 3.04. The summed E-state index contributed by atoms with van der Waals surface area (Å²) in [5, 5.41) is 15.5. The van der Waals surface area contributed by atoms with E-state index in [9.17, 15) is 4.79 Å². The molecule has 0 aliphatic heterocycles. The average Bonchev–Trinajstić information content (AvgIpc) is 3.05. The Morgan fingerprint density at radius 1 is 1.26 bits per heavy atom. The molecule has 2 aromatic rings. The van der Waals surface area contributed by atoms with Gasteiger partial charge in [-0.1, -0.05) is 35.2 Å². The van der Waals surface area contributed by atoms with E-state index in [1.807, 2.05) is 24.3 Å². The number of amides is 1. The van der Waals surface area contributed by atoms with Crippen molar-refractivity contribution < 1.29 is 4.79 Å². The van der Waals surface area contributed by atoms with Crippen molar-refractivity contribution in [1.29, 1.82) is 0 Å². The van der Waals surface area contributed by atoms with Crippen LogP contribution in [-0.4, -0.2) is 32.2 Å². The second kappa shape index (κ2) is 7.21. The number of tetrazole rings is 1. The predicted molar refractivity (Wildman–Crippen MR) is 90.7 cm³/mol. The highest BCUT2D eigenvalue weighted by Crippen LogP contribution is 2.19. The van der Waals surface area contributed by atoms with Crippen molar-refractivity contribution in [2.45, 2.75) is 51.1 Å². The zero-order valence-corrected chi connectivity index (χ0v) is 14.7. The molecule has 1 atom stereocenters. The lowest BCUT2D eigenvalue weighted by Crippen LogP contribution is -2.40. The van der Waals surface area contributed by atoms with Gasteiger partial charge in [0.25, 0.3) is 0 Å². The Kier molecular flexibility index (Phi) is 5.05. The van der Waals surface area contributed by atoms with Crippen LogP contribution >= 0.6 is 15.9 Å². The van der Waals surface area contributed by atoms with Gasteiger partial charge in [-0.15, -0.1) is 10.2 Å². The van der Waals surface area contributed by atoms with Crippen molar-refractivity contribution in [1.82, 2.24) is 25.5 Å². The zero-order valence-electron chi connectivity index (χ0n) is 13.1. The van der Waals surface area contributed by atoms with E-state index in [1.54, 1.807) is 6.92 Å². The fourth-order valence-electron chi connectivity index (χ4n) is 2.78. The number of nitrogens with one attached hydrogen (secondary N) is 1. The van der Waals surface area contributed by atoms with Crippen molar-refractivity contribution in [2.24, 2.45) is 0 Å². The van der Waals surface area contributed by atoms with Crippen molar-refractivity contribution >= 4 is 21.8 Å². The Balaban J connectivity index is 1.66. The normalized spacial score (nSPS) is 17.0. The molecule has 1 saturated carbocycles. The number of halogens is 1. The van der Waals surface area contributed by atoms with Gasteiger partial charge in [0.15, 0.2) is 0 Å². The third-order valence-electron chi connectivity index (χ3n) is 4.21. The molecule has 23 heavy (non-hydrogen) atoms. The number of nitrogens with zero attached hydrogens (tertiary/aromatic N) is 4. The molecule has 122 valence electrons. The van der Waals surface area contributed by atoms with Crippen molar-refractivity contribution in [3.63, 3.8) is 0 Å². The van der Waals surface area contributed by atoms with E-state index in [1.165, 1.54) is 24.1 Å². The van der Waals surface area contributed by atoms with E-state index < -0.39 is 6.04 Å². The van der Waals surface area contributed by atoms with E-state index in [0.717, 1.165) is 22.9 Å². The Labute approximate surface area is 143 Å². The maximum atomic E-state index is 12.4. The second-order valence-electron chi connectivity index (χ2n) is 5.96. The number of hydrogen-bond donors (Lipinski definition) is 1. The van der Waals surface area contributed by atoms with Gasteiger partial charge < -0.3 is 5.32 Å². The molecule has 1 aliphatic carbocycles. The monoisotopic (exact) mass is 377 g/mol. The molecule has 1 fully saturated rings. The summed E-state index contributed by atoms with van der Waals surface area (Å²) in [6.07, 6.45) is 5.77. The molecular weight excluding hydrogens is 358 g/mol. The summed E-state index contributed by atoms with van der Waals surface area (Å²) in [5.41, 5.74) is 0.874. The molecule has 0 unspecified atom stereocenters. The predicted octanol–water partition coefficient (Wildman–Crippen LogP) is 3.11. The lowest BCUT2D eigenvalue weighted by molar-refractivity contribution is -0.125. The summed E-state index contributed by atoms with van der Waals surface area (Å²) in [6.45, 7) is 1.80. The van der Waals surface area contributed by atoms with E-state index in [4.69, 9.17) is 0 Å². The molecule has 0 saturated heterocycles. The van der Waals surface area contributed by atoms with Crippen LogP contribution in [0, 0.1) is 0 Å². The highest BCUT2D eigenvalue weighted by Gasteiger charge is 2.22. The molecule has 1 aromatic heterocycles. The van der Waals surface area contributed by atoms with Crippen LogP contribution in [-0.2, 0) is 4.79 Å². The van der Waals surface area contributed by atoms with Crippen LogP contribution < -0.4 is 5.32 Å². The molecule has 7 heteroatoms. The number of carbonyl (C=O) groups is 1. The van der Waals surface area contributed by atoms with E-state index in [-0.39, 0.29) is 11.9 Å². The highest BCUT2D eigenvalue weighted by molar-refractivity contribution is 9.10. The van der Waals surface area contributed by atoms with Crippen LogP contribution in [0.15, 0.2) is 28.7 Å². The van der Waals surface area contributed by atoms with Gasteiger partial charge in [-0.3, -0.25) is 4.79 Å². The Morgan fingerprint density at radius 3 is 2.65 bits per heavy atom. The highest BCUT2D eigenvalue weighted by atomic mass is 79.9. The van der Waals surface area contributed by atoms with Crippen molar-refractivity contribution in [2.75, 3.05) is 0 Å². The molecule has 0 spiro atoms. The molecule has 1 aromatic carbocycles. The quantitative estimate of drug-likeness (QED) is 0.888. The first-order valence-electron chi connectivity index (χ1n) is 7.99. The van der Waals surface area contributed by atoms with E-state index in [0.29, 0.717) is 5.82 Å².